The molecule has 1 atom stereocenters. The van der Waals surface area contributed by atoms with E-state index < -0.39 is 0 Å². The van der Waals surface area contributed by atoms with Crippen LogP contribution in [0.25, 0.3) is 0 Å². The van der Waals surface area contributed by atoms with Crippen LogP contribution in [0.5, 0.6) is 0 Å². The number of carbonyl (C=O) groups excluding carboxylic acids is 1. The number of hydrogen-bond donors (Lipinski definition) is 0. The molecule has 1 aliphatic rings. The Morgan fingerprint density at radius 1 is 1.47 bits per heavy atom. The summed E-state index contributed by atoms with van der Waals surface area (Å²) in [4.78, 5) is 14.3. The van der Waals surface area contributed by atoms with Crippen molar-refractivity contribution in [2.75, 3.05) is 19.6 Å². The zero-order chi connectivity index (χ0) is 12.3. The Kier molecular flexibility index (Phi) is 4.19. The van der Waals surface area contributed by atoms with Gasteiger partial charge in [-0.3, -0.25) is 9.69 Å². The Morgan fingerprint density at radius 2 is 2.24 bits per heavy atom. The van der Waals surface area contributed by atoms with E-state index in [1.165, 1.54) is 12.8 Å². The second-order valence-corrected chi connectivity index (χ2v) is 5.11. The van der Waals surface area contributed by atoms with Crippen molar-refractivity contribution in [3.05, 3.63) is 34.9 Å². The predicted molar refractivity (Wildman–Crippen MR) is 70.6 cm³/mol. The summed E-state index contributed by atoms with van der Waals surface area (Å²) in [7, 11) is 0. The number of carbonyl (C=O) groups is 1. The molecular formula is C14H18ClNO. The van der Waals surface area contributed by atoms with E-state index in [9.17, 15) is 4.79 Å². The van der Waals surface area contributed by atoms with Gasteiger partial charge in [0.15, 0.2) is 5.78 Å². The van der Waals surface area contributed by atoms with Gasteiger partial charge in [-0.15, -0.1) is 0 Å². The number of halogens is 1. The molecule has 0 amide bonds. The highest BCUT2D eigenvalue weighted by Crippen LogP contribution is 2.21. The molecule has 1 unspecified atom stereocenters. The molecule has 92 valence electrons. The van der Waals surface area contributed by atoms with E-state index in [2.05, 4.69) is 11.8 Å². The summed E-state index contributed by atoms with van der Waals surface area (Å²) in [6.45, 7) is 4.80. The lowest BCUT2D eigenvalue weighted by Gasteiger charge is -2.15. The maximum absolute atomic E-state index is 12.1. The fourth-order valence-corrected chi connectivity index (χ4v) is 2.61. The lowest BCUT2D eigenvalue weighted by Crippen LogP contribution is -2.28. The number of nitrogens with zero attached hydrogens (tertiary/aromatic N) is 1. The van der Waals surface area contributed by atoms with Crippen molar-refractivity contribution in [2.45, 2.75) is 19.8 Å². The van der Waals surface area contributed by atoms with E-state index in [1.54, 1.807) is 12.1 Å². The van der Waals surface area contributed by atoms with Crippen LogP contribution in [0.2, 0.25) is 5.02 Å². The molecule has 0 spiro atoms. The van der Waals surface area contributed by atoms with Crippen LogP contribution in [-0.4, -0.2) is 30.3 Å². The molecule has 1 aromatic carbocycles. The van der Waals surface area contributed by atoms with E-state index in [0.717, 1.165) is 19.0 Å². The molecule has 1 saturated heterocycles. The number of benzene rings is 1. The zero-order valence-corrected chi connectivity index (χ0v) is 10.9. The number of Topliss-reactive ketones (excluding diaryl/α,β-unsaturated/α-hetero) is 1. The van der Waals surface area contributed by atoms with Crippen LogP contribution in [0.3, 0.4) is 0 Å². The van der Waals surface area contributed by atoms with Gasteiger partial charge in [0, 0.05) is 12.1 Å². The molecule has 0 aromatic heterocycles. The van der Waals surface area contributed by atoms with E-state index in [-0.39, 0.29) is 5.78 Å². The number of likely N-dealkylation sites (tertiary alicyclic amines) is 1. The Morgan fingerprint density at radius 3 is 2.88 bits per heavy atom. The molecule has 1 aromatic rings. The standard InChI is InChI=1S/C14H18ClNO/c1-2-11-7-8-16(9-11)10-14(17)12-5-3-4-6-13(12)15/h3-6,11H,2,7-10H2,1H3. The van der Waals surface area contributed by atoms with E-state index in [4.69, 9.17) is 11.6 Å². The van der Waals surface area contributed by atoms with Crippen molar-refractivity contribution in [2.24, 2.45) is 5.92 Å². The summed E-state index contributed by atoms with van der Waals surface area (Å²) in [5, 5.41) is 0.559. The van der Waals surface area contributed by atoms with Gasteiger partial charge < -0.3 is 0 Å². The SMILES string of the molecule is CCC1CCN(CC(=O)c2ccccc2Cl)C1. The number of hydrogen-bond acceptors (Lipinski definition) is 2. The third-order valence-corrected chi connectivity index (χ3v) is 3.82. The van der Waals surface area contributed by atoms with E-state index in [0.29, 0.717) is 17.1 Å². The minimum Gasteiger partial charge on any atom is -0.296 e. The molecule has 0 N–H and O–H groups in total. The van der Waals surface area contributed by atoms with Gasteiger partial charge in [0.2, 0.25) is 0 Å². The van der Waals surface area contributed by atoms with Crippen molar-refractivity contribution in [3.8, 4) is 0 Å². The summed E-state index contributed by atoms with van der Waals surface area (Å²) < 4.78 is 0. The van der Waals surface area contributed by atoms with Gasteiger partial charge in [-0.2, -0.15) is 0 Å². The first kappa shape index (κ1) is 12.6. The van der Waals surface area contributed by atoms with Gasteiger partial charge in [0.25, 0.3) is 0 Å². The van der Waals surface area contributed by atoms with Crippen molar-refractivity contribution in [1.82, 2.24) is 4.90 Å². The normalized spacial score (nSPS) is 20.7. The monoisotopic (exact) mass is 251 g/mol. The highest BCUT2D eigenvalue weighted by molar-refractivity contribution is 6.34. The molecule has 2 nitrogen and oxygen atoms in total. The third kappa shape index (κ3) is 3.08. The second kappa shape index (κ2) is 5.65. The minimum absolute atomic E-state index is 0.132. The molecule has 2 rings (SSSR count). The average molecular weight is 252 g/mol. The van der Waals surface area contributed by atoms with Crippen LogP contribution in [-0.2, 0) is 0 Å². The van der Waals surface area contributed by atoms with Gasteiger partial charge in [-0.05, 0) is 31.0 Å². The second-order valence-electron chi connectivity index (χ2n) is 4.70. The number of ketones is 1. The Balaban J connectivity index is 1.96. The average Bonchev–Trinajstić information content (AvgIpc) is 2.77. The van der Waals surface area contributed by atoms with Gasteiger partial charge in [-0.25, -0.2) is 0 Å². The van der Waals surface area contributed by atoms with E-state index >= 15 is 0 Å². The fraction of sp³-hybridized carbons (Fsp3) is 0.500. The maximum atomic E-state index is 12.1. The largest absolute Gasteiger partial charge is 0.296 e. The summed E-state index contributed by atoms with van der Waals surface area (Å²) in [6, 6.07) is 7.28. The van der Waals surface area contributed by atoms with Crippen molar-refractivity contribution < 1.29 is 4.79 Å². The maximum Gasteiger partial charge on any atom is 0.178 e. The highest BCUT2D eigenvalue weighted by Gasteiger charge is 2.23. The smallest absolute Gasteiger partial charge is 0.178 e. The first-order valence-corrected chi connectivity index (χ1v) is 6.58. The van der Waals surface area contributed by atoms with Gasteiger partial charge in [0.1, 0.15) is 0 Å². The topological polar surface area (TPSA) is 20.3 Å². The molecule has 0 bridgehead atoms. The summed E-state index contributed by atoms with van der Waals surface area (Å²) in [5.74, 6) is 0.890. The van der Waals surface area contributed by atoms with Crippen molar-refractivity contribution in [1.29, 1.82) is 0 Å². The molecule has 0 radical (unpaired) electrons. The Bertz CT molecular complexity index is 405. The molecule has 1 fully saturated rings. The van der Waals surface area contributed by atoms with E-state index in [1.807, 2.05) is 12.1 Å². The molecule has 0 saturated carbocycles. The van der Waals surface area contributed by atoms with Gasteiger partial charge in [-0.1, -0.05) is 37.1 Å². The van der Waals surface area contributed by atoms with Crippen LogP contribution in [0, 0.1) is 5.92 Å². The lowest BCUT2D eigenvalue weighted by molar-refractivity contribution is 0.0943. The first-order valence-electron chi connectivity index (χ1n) is 6.20. The van der Waals surface area contributed by atoms with Gasteiger partial charge in [0.05, 0.1) is 11.6 Å². The minimum atomic E-state index is 0.132. The summed E-state index contributed by atoms with van der Waals surface area (Å²) >= 11 is 6.02. The molecule has 3 heteroatoms. The first-order chi connectivity index (χ1) is 8.20. The highest BCUT2D eigenvalue weighted by atomic mass is 35.5. The quantitative estimate of drug-likeness (QED) is 0.766. The fourth-order valence-electron chi connectivity index (χ4n) is 2.37. The van der Waals surface area contributed by atoms with Crippen LogP contribution in [0.15, 0.2) is 24.3 Å². The lowest BCUT2D eigenvalue weighted by atomic mass is 10.1. The van der Waals surface area contributed by atoms with Crippen LogP contribution >= 0.6 is 11.6 Å². The van der Waals surface area contributed by atoms with Crippen molar-refractivity contribution in [3.63, 3.8) is 0 Å². The molecular weight excluding hydrogens is 234 g/mol. The summed E-state index contributed by atoms with van der Waals surface area (Å²) in [5.41, 5.74) is 0.647. The predicted octanol–water partition coefficient (Wildman–Crippen LogP) is 3.25. The summed E-state index contributed by atoms with van der Waals surface area (Å²) in [6.07, 6.45) is 2.42. The number of rotatable bonds is 4. The van der Waals surface area contributed by atoms with Gasteiger partial charge >= 0.3 is 0 Å². The van der Waals surface area contributed by atoms with Crippen LogP contribution in [0.1, 0.15) is 30.1 Å². The molecule has 1 heterocycles. The Hall–Kier alpha value is -0.860. The Labute approximate surface area is 108 Å². The zero-order valence-electron chi connectivity index (χ0n) is 10.2. The molecule has 1 aliphatic heterocycles. The van der Waals surface area contributed by atoms with Crippen LogP contribution in [0.4, 0.5) is 0 Å². The molecule has 0 aliphatic carbocycles. The van der Waals surface area contributed by atoms with Crippen LogP contribution < -0.4 is 0 Å². The van der Waals surface area contributed by atoms with Crippen molar-refractivity contribution >= 4 is 17.4 Å². The third-order valence-electron chi connectivity index (χ3n) is 3.49. The molecule has 17 heavy (non-hydrogen) atoms.